The summed E-state index contributed by atoms with van der Waals surface area (Å²) in [5, 5.41) is 10.2. The van der Waals surface area contributed by atoms with Gasteiger partial charge in [-0.05, 0) is 46.3 Å². The number of oxazole rings is 1. The molecule has 0 saturated heterocycles. The Labute approximate surface area is 213 Å². The summed E-state index contributed by atoms with van der Waals surface area (Å²) >= 11 is 0. The molecule has 0 aliphatic heterocycles. The van der Waals surface area contributed by atoms with Gasteiger partial charge in [-0.25, -0.2) is 18.7 Å². The van der Waals surface area contributed by atoms with Gasteiger partial charge < -0.3 is 15.1 Å². The normalized spacial score (nSPS) is 40.7. The monoisotopic (exact) mass is 512 g/mol. The van der Waals surface area contributed by atoms with E-state index in [0.717, 1.165) is 5.56 Å². The summed E-state index contributed by atoms with van der Waals surface area (Å²) in [5.74, 6) is 1.00. The van der Waals surface area contributed by atoms with E-state index in [1.54, 1.807) is 31.3 Å². The van der Waals surface area contributed by atoms with Gasteiger partial charge in [-0.2, -0.15) is 5.10 Å². The van der Waals surface area contributed by atoms with E-state index in [1.165, 1.54) is 21.3 Å². The Morgan fingerprint density at radius 2 is 1.95 bits per heavy atom. The lowest BCUT2D eigenvalue weighted by atomic mass is 9.33. The Kier molecular flexibility index (Phi) is 2.92. The fraction of sp³-hybridized carbons (Fsp3) is 0.444. The van der Waals surface area contributed by atoms with E-state index in [2.05, 4.69) is 20.7 Å². The van der Waals surface area contributed by atoms with Crippen molar-refractivity contribution in [1.82, 2.24) is 29.8 Å². The highest BCUT2D eigenvalue weighted by Crippen LogP contribution is 3.20. The second kappa shape index (κ2) is 5.55. The maximum Gasteiger partial charge on any atom is 0.419 e. The summed E-state index contributed by atoms with van der Waals surface area (Å²) < 4.78 is 23.0. The van der Waals surface area contributed by atoms with Crippen LogP contribution in [0.5, 0.6) is 0 Å². The van der Waals surface area contributed by atoms with Gasteiger partial charge in [-0.15, -0.1) is 0 Å². The molecule has 1 spiro atoms. The minimum absolute atomic E-state index is 0.108. The molecule has 3 heterocycles. The maximum atomic E-state index is 15.0. The highest BCUT2D eigenvalue weighted by molar-refractivity contribution is 5.98. The molecular formula is C27H21FN6O4. The smallest absolute Gasteiger partial charge is 0.408 e. The third-order valence-electron chi connectivity index (χ3n) is 11.4. The zero-order chi connectivity index (χ0) is 25.5. The number of aromatic nitrogens is 4. The van der Waals surface area contributed by atoms with Crippen LogP contribution in [0.4, 0.5) is 4.39 Å². The molecule has 5 aliphatic rings. The Balaban J connectivity index is 0.890. The number of alkyl halides is 1. The lowest BCUT2D eigenvalue weighted by Gasteiger charge is -2.72. The number of carbonyl (C=O) groups excluding carboxylic acids is 2. The van der Waals surface area contributed by atoms with Crippen LogP contribution in [0.15, 0.2) is 45.7 Å². The Hall–Kier alpha value is -4.02. The molecule has 2 N–H and O–H groups in total. The molecule has 190 valence electrons. The van der Waals surface area contributed by atoms with Crippen LogP contribution in [-0.4, -0.2) is 43.2 Å². The summed E-state index contributed by atoms with van der Waals surface area (Å²) in [6.07, 6.45) is 1.54. The van der Waals surface area contributed by atoms with Crippen LogP contribution in [0, 0.1) is 46.3 Å². The average molecular weight is 513 g/mol. The van der Waals surface area contributed by atoms with E-state index in [0.29, 0.717) is 46.5 Å². The van der Waals surface area contributed by atoms with Crippen LogP contribution in [-0.2, 0) is 13.6 Å². The molecule has 3 aromatic heterocycles. The quantitative estimate of drug-likeness (QED) is 0.376. The molecule has 5 aliphatic carbocycles. The molecule has 9 atom stereocenters. The summed E-state index contributed by atoms with van der Waals surface area (Å²) in [7, 11) is 1.62. The minimum atomic E-state index is -0.846. The molecule has 9 unspecified atom stereocenters. The van der Waals surface area contributed by atoms with Gasteiger partial charge in [0.2, 0.25) is 0 Å². The number of aryl methyl sites for hydroxylation is 1. The number of hydrogen-bond acceptors (Lipinski definition) is 6. The molecule has 38 heavy (non-hydrogen) atoms. The first-order valence-electron chi connectivity index (χ1n) is 13.0. The van der Waals surface area contributed by atoms with Gasteiger partial charge in [0.1, 0.15) is 17.1 Å². The third kappa shape index (κ3) is 1.66. The van der Waals surface area contributed by atoms with Crippen molar-refractivity contribution in [2.75, 3.05) is 6.54 Å². The predicted octanol–water partition coefficient (Wildman–Crippen LogP) is 1.29. The predicted molar refractivity (Wildman–Crippen MR) is 128 cm³/mol. The standard InChI is InChI=1S/C27H21FN6O4/c1-33-12-6-10(2-3-14(12)38-24(33)37)8-29-22(35)11-7-13(34-15(32-11)4-5-31-34)23(36)30-9-25-16-17-18(25)26-19(16)27(17,28)21(26)20(25)26/h2-7,16-21H,8-9H2,1H3,(H,29,35)(H,30,36). The van der Waals surface area contributed by atoms with Gasteiger partial charge >= 0.3 is 5.76 Å². The molecule has 0 bridgehead atoms. The number of fused-ring (bicyclic) bond motifs is 12. The lowest BCUT2D eigenvalue weighted by Crippen LogP contribution is -2.77. The summed E-state index contributed by atoms with van der Waals surface area (Å²) in [4.78, 5) is 42.5. The third-order valence-corrected chi connectivity index (χ3v) is 11.4. The minimum Gasteiger partial charge on any atom is -0.408 e. The molecule has 11 heteroatoms. The number of hydrogen-bond donors (Lipinski definition) is 2. The van der Waals surface area contributed by atoms with Crippen LogP contribution in [0.2, 0.25) is 0 Å². The van der Waals surface area contributed by atoms with Crippen molar-refractivity contribution in [3.8, 4) is 0 Å². The zero-order valence-electron chi connectivity index (χ0n) is 20.1. The van der Waals surface area contributed by atoms with Crippen LogP contribution in [0.3, 0.4) is 0 Å². The second-order valence-corrected chi connectivity index (χ2v) is 12.1. The van der Waals surface area contributed by atoms with Gasteiger partial charge in [-0.3, -0.25) is 14.2 Å². The number of nitrogens with zero attached hydrogens (tertiary/aromatic N) is 4. The summed E-state index contributed by atoms with van der Waals surface area (Å²) in [6.45, 7) is 0.772. The molecule has 9 rings (SSSR count). The second-order valence-electron chi connectivity index (χ2n) is 12.1. The maximum absolute atomic E-state index is 15.0. The Morgan fingerprint density at radius 1 is 1.08 bits per heavy atom. The SMILES string of the molecule is Cn1c(=O)oc2ccc(CNC(=O)c3cc(C(=O)NCC45C6C7C4C48C6C7(F)C4C58)n4nccc4n3)cc21. The van der Waals surface area contributed by atoms with E-state index >= 15 is 4.39 Å². The van der Waals surface area contributed by atoms with E-state index in [4.69, 9.17) is 4.42 Å². The van der Waals surface area contributed by atoms with Crippen molar-refractivity contribution in [2.24, 2.45) is 53.4 Å². The van der Waals surface area contributed by atoms with Gasteiger partial charge in [0.25, 0.3) is 11.8 Å². The van der Waals surface area contributed by atoms with E-state index < -0.39 is 17.3 Å². The molecule has 4 aromatic rings. The van der Waals surface area contributed by atoms with E-state index in [9.17, 15) is 14.4 Å². The highest BCUT2D eigenvalue weighted by Gasteiger charge is 3.22. The lowest BCUT2D eigenvalue weighted by molar-refractivity contribution is -0.290. The number of nitrogens with one attached hydrogen (secondary N) is 2. The summed E-state index contributed by atoms with van der Waals surface area (Å²) in [6, 6.07) is 8.36. The molecule has 2 amide bonds. The van der Waals surface area contributed by atoms with Crippen molar-refractivity contribution < 1.29 is 18.4 Å². The van der Waals surface area contributed by atoms with Crippen LogP contribution in [0.1, 0.15) is 26.5 Å². The fourth-order valence-corrected chi connectivity index (χ4v) is 10.7. The first-order valence-corrected chi connectivity index (χ1v) is 13.0. The van der Waals surface area contributed by atoms with Crippen LogP contribution < -0.4 is 16.4 Å². The number of benzene rings is 1. The van der Waals surface area contributed by atoms with E-state index in [-0.39, 0.29) is 47.0 Å². The molecule has 10 nitrogen and oxygen atoms in total. The topological polar surface area (TPSA) is 124 Å². The van der Waals surface area contributed by atoms with E-state index in [1.807, 2.05) is 0 Å². The number of rotatable bonds is 6. The molecule has 1 aromatic carbocycles. The highest BCUT2D eigenvalue weighted by atomic mass is 19.1. The van der Waals surface area contributed by atoms with Crippen LogP contribution >= 0.6 is 0 Å². The Morgan fingerprint density at radius 3 is 2.68 bits per heavy atom. The average Bonchev–Trinajstić information content (AvgIpc) is 3.49. The van der Waals surface area contributed by atoms with Gasteiger partial charge in [0.15, 0.2) is 11.2 Å². The summed E-state index contributed by atoms with van der Waals surface area (Å²) in [5.41, 5.74) is 2.22. The Bertz CT molecular complexity index is 1900. The number of carbonyl (C=O) groups is 2. The number of halogens is 1. The van der Waals surface area contributed by atoms with Crippen molar-refractivity contribution in [1.29, 1.82) is 0 Å². The fourth-order valence-electron chi connectivity index (χ4n) is 10.7. The molecule has 0 radical (unpaired) electrons. The zero-order valence-corrected chi connectivity index (χ0v) is 20.1. The molecular weight excluding hydrogens is 491 g/mol. The van der Waals surface area contributed by atoms with Crippen LogP contribution in [0.25, 0.3) is 16.7 Å². The largest absolute Gasteiger partial charge is 0.419 e. The first kappa shape index (κ1) is 20.0. The van der Waals surface area contributed by atoms with Gasteiger partial charge in [-0.1, -0.05) is 6.07 Å². The molecule has 5 fully saturated rings. The molecule has 5 saturated carbocycles. The van der Waals surface area contributed by atoms with Crippen molar-refractivity contribution in [3.63, 3.8) is 0 Å². The van der Waals surface area contributed by atoms with Crippen molar-refractivity contribution >= 4 is 28.6 Å². The van der Waals surface area contributed by atoms with Crippen molar-refractivity contribution in [3.05, 3.63) is 64.0 Å². The van der Waals surface area contributed by atoms with Crippen molar-refractivity contribution in [2.45, 2.75) is 12.2 Å². The number of amides is 2. The van der Waals surface area contributed by atoms with Gasteiger partial charge in [0, 0.05) is 50.0 Å². The van der Waals surface area contributed by atoms with Gasteiger partial charge in [0.05, 0.1) is 11.7 Å². The first-order chi connectivity index (χ1) is 18.3.